The van der Waals surface area contributed by atoms with Crippen LogP contribution in [0.5, 0.6) is 0 Å². The predicted octanol–water partition coefficient (Wildman–Crippen LogP) is 2.08. The fraction of sp³-hybridized carbons (Fsp3) is 0.562. The van der Waals surface area contributed by atoms with Gasteiger partial charge >= 0.3 is 12.1 Å². The molecule has 7 nitrogen and oxygen atoms in total. The predicted molar refractivity (Wildman–Crippen MR) is 86.2 cm³/mol. The number of ether oxygens (including phenoxy) is 1. The average Bonchev–Trinajstić information content (AvgIpc) is 2.99. The number of H-pyrrole nitrogens is 1. The third-order valence-corrected chi connectivity index (χ3v) is 4.32. The molecule has 0 radical (unpaired) electrons. The van der Waals surface area contributed by atoms with E-state index in [9.17, 15) is 22.8 Å². The number of halogens is 3. The Morgan fingerprint density at radius 1 is 1.38 bits per heavy atom. The maximum absolute atomic E-state index is 13.5. The number of fused-ring (bicyclic) bond motifs is 1. The number of nitrogens with one attached hydrogen (secondary N) is 2. The third kappa shape index (κ3) is 3.46. The second-order valence-corrected chi connectivity index (χ2v) is 6.20. The molecular weight excluding hydrogens is 353 g/mol. The number of alkyl halides is 3. The number of carbonyl (C=O) groups is 1. The first kappa shape index (κ1) is 18.4. The molecule has 0 unspecified atom stereocenters. The molecule has 0 bridgehead atoms. The van der Waals surface area contributed by atoms with Crippen molar-refractivity contribution in [2.45, 2.75) is 38.3 Å². The number of esters is 1. The summed E-state index contributed by atoms with van der Waals surface area (Å²) < 4.78 is 46.3. The van der Waals surface area contributed by atoms with Crippen LogP contribution < -0.4 is 10.9 Å². The highest BCUT2D eigenvalue weighted by Gasteiger charge is 2.42. The number of aromatic nitrogens is 3. The number of nitrogens with zero attached hydrogens (tertiary/aromatic N) is 2. The van der Waals surface area contributed by atoms with Crippen LogP contribution in [0.2, 0.25) is 0 Å². The Kier molecular flexibility index (Phi) is 5.03. The highest BCUT2D eigenvalue weighted by Crippen LogP contribution is 2.34. The van der Waals surface area contributed by atoms with E-state index in [1.807, 2.05) is 0 Å². The minimum Gasteiger partial charge on any atom is -0.462 e. The summed E-state index contributed by atoms with van der Waals surface area (Å²) in [6.07, 6.45) is -3.07. The van der Waals surface area contributed by atoms with Gasteiger partial charge in [0.2, 0.25) is 0 Å². The van der Waals surface area contributed by atoms with Crippen LogP contribution in [0.1, 0.15) is 53.8 Å². The van der Waals surface area contributed by atoms with Crippen molar-refractivity contribution in [2.24, 2.45) is 0 Å². The first-order valence-corrected chi connectivity index (χ1v) is 8.44. The lowest BCUT2D eigenvalue weighted by atomic mass is 9.94. The summed E-state index contributed by atoms with van der Waals surface area (Å²) in [6.45, 7) is 3.09. The third-order valence-electron chi connectivity index (χ3n) is 4.32. The van der Waals surface area contributed by atoms with Crippen molar-refractivity contribution in [1.29, 1.82) is 0 Å². The second kappa shape index (κ2) is 7.10. The van der Waals surface area contributed by atoms with Crippen molar-refractivity contribution in [3.8, 4) is 0 Å². The molecule has 2 N–H and O–H groups in total. The van der Waals surface area contributed by atoms with Crippen LogP contribution in [-0.4, -0.2) is 40.3 Å². The van der Waals surface area contributed by atoms with E-state index in [1.54, 1.807) is 6.92 Å². The van der Waals surface area contributed by atoms with Gasteiger partial charge in [0.15, 0.2) is 11.3 Å². The molecule has 1 saturated heterocycles. The maximum atomic E-state index is 13.5. The average molecular weight is 372 g/mol. The molecule has 0 aliphatic carbocycles. The lowest BCUT2D eigenvalue weighted by molar-refractivity contribution is -0.141. The van der Waals surface area contributed by atoms with E-state index in [2.05, 4.69) is 15.4 Å². The summed E-state index contributed by atoms with van der Waals surface area (Å²) in [6, 6.07) is 1.25. The summed E-state index contributed by atoms with van der Waals surface area (Å²) in [5.41, 5.74) is -2.59. The number of aromatic amines is 1. The molecule has 10 heteroatoms. The lowest BCUT2D eigenvalue weighted by Crippen LogP contribution is -2.28. The van der Waals surface area contributed by atoms with Crippen molar-refractivity contribution in [3.63, 3.8) is 0 Å². The van der Waals surface area contributed by atoms with Crippen LogP contribution in [0.25, 0.3) is 5.65 Å². The van der Waals surface area contributed by atoms with E-state index < -0.39 is 29.0 Å². The van der Waals surface area contributed by atoms with Crippen molar-refractivity contribution in [2.75, 3.05) is 19.7 Å². The van der Waals surface area contributed by atoms with Crippen LogP contribution in [0.4, 0.5) is 13.2 Å². The molecule has 1 aliphatic heterocycles. The minimum atomic E-state index is -4.85. The van der Waals surface area contributed by atoms with Crippen molar-refractivity contribution in [1.82, 2.24) is 19.9 Å². The molecule has 0 spiro atoms. The smallest absolute Gasteiger partial charge is 0.436 e. The number of piperidine rings is 1. The molecule has 2 aromatic rings. The Hall–Kier alpha value is -2.36. The van der Waals surface area contributed by atoms with E-state index in [0.717, 1.165) is 4.52 Å². The van der Waals surface area contributed by atoms with Crippen LogP contribution in [0, 0.1) is 0 Å². The van der Waals surface area contributed by atoms with Gasteiger partial charge in [0.1, 0.15) is 5.56 Å². The number of carbonyl (C=O) groups excluding carboxylic acids is 1. The van der Waals surface area contributed by atoms with Gasteiger partial charge in [0.25, 0.3) is 5.56 Å². The standard InChI is InChI=1S/C16H19F3N4O3/c1-2-7-26-15(25)12-13(16(17,18)19)22-23-10(8-11(24)21-14(12)23)9-3-5-20-6-4-9/h8-9,20H,2-7H2,1H3,(H,21,24). The Labute approximate surface area is 146 Å². The summed E-state index contributed by atoms with van der Waals surface area (Å²) in [7, 11) is 0. The van der Waals surface area contributed by atoms with E-state index in [4.69, 9.17) is 4.74 Å². The zero-order valence-electron chi connectivity index (χ0n) is 14.2. The van der Waals surface area contributed by atoms with Gasteiger partial charge in [-0.3, -0.25) is 4.79 Å². The molecule has 0 atom stereocenters. The highest BCUT2D eigenvalue weighted by molar-refractivity contribution is 5.97. The zero-order chi connectivity index (χ0) is 18.9. The molecular formula is C16H19F3N4O3. The van der Waals surface area contributed by atoms with Crippen LogP contribution in [0.3, 0.4) is 0 Å². The van der Waals surface area contributed by atoms with Gasteiger partial charge in [-0.05, 0) is 32.4 Å². The molecule has 1 aliphatic rings. The zero-order valence-corrected chi connectivity index (χ0v) is 14.2. The van der Waals surface area contributed by atoms with Gasteiger partial charge < -0.3 is 15.0 Å². The summed E-state index contributed by atoms with van der Waals surface area (Å²) in [5.74, 6) is -1.27. The molecule has 0 amide bonds. The number of rotatable bonds is 4. The Balaban J connectivity index is 2.22. The van der Waals surface area contributed by atoms with E-state index in [1.165, 1.54) is 6.07 Å². The first-order valence-electron chi connectivity index (χ1n) is 8.44. The molecule has 3 heterocycles. The van der Waals surface area contributed by atoms with Gasteiger partial charge in [0, 0.05) is 12.0 Å². The Morgan fingerprint density at radius 2 is 2.08 bits per heavy atom. The van der Waals surface area contributed by atoms with Crippen LogP contribution in [0.15, 0.2) is 10.9 Å². The molecule has 26 heavy (non-hydrogen) atoms. The fourth-order valence-corrected chi connectivity index (χ4v) is 3.14. The highest BCUT2D eigenvalue weighted by atomic mass is 19.4. The van der Waals surface area contributed by atoms with E-state index in [-0.39, 0.29) is 18.2 Å². The Bertz CT molecular complexity index is 866. The maximum Gasteiger partial charge on any atom is 0.436 e. The molecule has 2 aromatic heterocycles. The first-order chi connectivity index (χ1) is 12.3. The van der Waals surface area contributed by atoms with Gasteiger partial charge in [-0.15, -0.1) is 0 Å². The normalized spacial score (nSPS) is 16.2. The molecule has 3 rings (SSSR count). The van der Waals surface area contributed by atoms with Crippen LogP contribution >= 0.6 is 0 Å². The van der Waals surface area contributed by atoms with Crippen molar-refractivity contribution >= 4 is 11.6 Å². The van der Waals surface area contributed by atoms with Crippen LogP contribution in [-0.2, 0) is 10.9 Å². The molecule has 0 saturated carbocycles. The largest absolute Gasteiger partial charge is 0.462 e. The van der Waals surface area contributed by atoms with Gasteiger partial charge in [-0.25, -0.2) is 9.31 Å². The Morgan fingerprint density at radius 3 is 2.69 bits per heavy atom. The van der Waals surface area contributed by atoms with E-state index in [0.29, 0.717) is 38.0 Å². The lowest BCUT2D eigenvalue weighted by Gasteiger charge is -2.23. The van der Waals surface area contributed by atoms with Gasteiger partial charge in [-0.1, -0.05) is 6.92 Å². The van der Waals surface area contributed by atoms with Gasteiger partial charge in [-0.2, -0.15) is 18.3 Å². The van der Waals surface area contributed by atoms with Gasteiger partial charge in [0.05, 0.1) is 12.3 Å². The summed E-state index contributed by atoms with van der Waals surface area (Å²) in [5, 5.41) is 6.79. The van der Waals surface area contributed by atoms with Crippen molar-refractivity contribution in [3.05, 3.63) is 33.4 Å². The molecule has 142 valence electrons. The summed E-state index contributed by atoms with van der Waals surface area (Å²) >= 11 is 0. The summed E-state index contributed by atoms with van der Waals surface area (Å²) in [4.78, 5) is 26.6. The SMILES string of the molecule is CCCOC(=O)c1c(C(F)(F)F)nn2c(C3CCNCC3)cc(=O)[nH]c12. The molecule has 0 aromatic carbocycles. The quantitative estimate of drug-likeness (QED) is 0.803. The van der Waals surface area contributed by atoms with E-state index >= 15 is 0 Å². The molecule has 1 fully saturated rings. The number of hydrogen-bond donors (Lipinski definition) is 2. The monoisotopic (exact) mass is 372 g/mol. The topological polar surface area (TPSA) is 88.5 Å². The number of hydrogen-bond acceptors (Lipinski definition) is 5. The second-order valence-electron chi connectivity index (χ2n) is 6.20. The minimum absolute atomic E-state index is 0.0221. The van der Waals surface area contributed by atoms with Crippen molar-refractivity contribution < 1.29 is 22.7 Å². The fourth-order valence-electron chi connectivity index (χ4n) is 3.14.